The Morgan fingerprint density at radius 1 is 1.12 bits per heavy atom. The fourth-order valence-electron chi connectivity index (χ4n) is 3.38. The van der Waals surface area contributed by atoms with Crippen LogP contribution in [0.3, 0.4) is 0 Å². The van der Waals surface area contributed by atoms with Crippen LogP contribution in [0.4, 0.5) is 5.69 Å². The summed E-state index contributed by atoms with van der Waals surface area (Å²) < 4.78 is 5.90. The fraction of sp³-hybridized carbons (Fsp3) is 0.250. The molecule has 1 aliphatic rings. The van der Waals surface area contributed by atoms with Gasteiger partial charge in [0.25, 0.3) is 0 Å². The fourth-order valence-corrected chi connectivity index (χ4v) is 3.38. The number of aromatic nitrogens is 1. The molecule has 4 nitrogen and oxygen atoms in total. The number of anilines is 1. The number of benzene rings is 2. The first-order chi connectivity index (χ1) is 11.6. The lowest BCUT2D eigenvalue weighted by Gasteiger charge is -2.34. The molecule has 4 rings (SSSR count). The molecule has 0 radical (unpaired) electrons. The van der Waals surface area contributed by atoms with Crippen LogP contribution in [0.15, 0.2) is 53.3 Å². The van der Waals surface area contributed by atoms with E-state index in [1.807, 2.05) is 36.4 Å². The minimum atomic E-state index is -0.0888. The molecular formula is C20H20N2O2. The molecule has 0 unspecified atom stereocenters. The van der Waals surface area contributed by atoms with Crippen LogP contribution in [0.25, 0.3) is 22.0 Å². The number of pyridine rings is 1. The maximum absolute atomic E-state index is 12.2. The van der Waals surface area contributed by atoms with Crippen LogP contribution < -0.4 is 15.2 Å². The summed E-state index contributed by atoms with van der Waals surface area (Å²) in [6.45, 7) is 5.88. The average Bonchev–Trinajstić information content (AvgIpc) is 2.59. The summed E-state index contributed by atoms with van der Waals surface area (Å²) in [5.74, 6) is 0.881. The lowest BCUT2D eigenvalue weighted by atomic mass is 10.00. The highest BCUT2D eigenvalue weighted by Gasteiger charge is 2.22. The topological polar surface area (TPSA) is 45.3 Å². The van der Waals surface area contributed by atoms with Crippen molar-refractivity contribution < 1.29 is 4.74 Å². The van der Waals surface area contributed by atoms with Crippen molar-refractivity contribution in [3.63, 3.8) is 0 Å². The first kappa shape index (κ1) is 14.8. The summed E-state index contributed by atoms with van der Waals surface area (Å²) in [5, 5.41) is 1.00. The quantitative estimate of drug-likeness (QED) is 0.781. The molecule has 1 aliphatic heterocycles. The Morgan fingerprint density at radius 3 is 2.67 bits per heavy atom. The third kappa shape index (κ3) is 2.44. The second kappa shape index (κ2) is 5.71. The molecule has 0 saturated carbocycles. The van der Waals surface area contributed by atoms with Gasteiger partial charge < -0.3 is 14.6 Å². The van der Waals surface area contributed by atoms with Crippen molar-refractivity contribution >= 4 is 16.6 Å². The van der Waals surface area contributed by atoms with Gasteiger partial charge in [0.15, 0.2) is 0 Å². The number of hydrogen-bond donors (Lipinski definition) is 1. The van der Waals surface area contributed by atoms with Gasteiger partial charge in [0, 0.05) is 17.5 Å². The van der Waals surface area contributed by atoms with E-state index < -0.39 is 0 Å². The second-order valence-electron chi connectivity index (χ2n) is 6.41. The molecule has 0 atom stereocenters. The lowest BCUT2D eigenvalue weighted by Crippen LogP contribution is -2.37. The van der Waals surface area contributed by atoms with Crippen molar-refractivity contribution in [1.29, 1.82) is 0 Å². The van der Waals surface area contributed by atoms with E-state index >= 15 is 0 Å². The first-order valence-electron chi connectivity index (χ1n) is 8.29. The van der Waals surface area contributed by atoms with Crippen LogP contribution >= 0.6 is 0 Å². The van der Waals surface area contributed by atoms with Gasteiger partial charge in [-0.2, -0.15) is 0 Å². The zero-order valence-electron chi connectivity index (χ0n) is 13.9. The largest absolute Gasteiger partial charge is 0.490 e. The number of ether oxygens (including phenoxy) is 1. The Balaban J connectivity index is 1.99. The summed E-state index contributed by atoms with van der Waals surface area (Å²) in [6.07, 6.45) is 0. The van der Waals surface area contributed by atoms with E-state index in [4.69, 9.17) is 4.74 Å². The highest BCUT2D eigenvalue weighted by atomic mass is 16.5. The van der Waals surface area contributed by atoms with E-state index in [2.05, 4.69) is 29.8 Å². The summed E-state index contributed by atoms with van der Waals surface area (Å²) >= 11 is 0. The summed E-state index contributed by atoms with van der Waals surface area (Å²) in [6, 6.07) is 16.1. The summed E-state index contributed by atoms with van der Waals surface area (Å²) in [4.78, 5) is 17.4. The minimum absolute atomic E-state index is 0.0888. The van der Waals surface area contributed by atoms with Gasteiger partial charge in [-0.25, -0.2) is 0 Å². The van der Waals surface area contributed by atoms with Gasteiger partial charge in [0.05, 0.1) is 17.7 Å². The number of rotatable bonds is 2. The van der Waals surface area contributed by atoms with E-state index in [0.29, 0.717) is 12.6 Å². The van der Waals surface area contributed by atoms with Crippen LogP contribution in [0, 0.1) is 0 Å². The van der Waals surface area contributed by atoms with Crippen molar-refractivity contribution in [2.45, 2.75) is 19.9 Å². The van der Waals surface area contributed by atoms with Gasteiger partial charge in [-0.3, -0.25) is 4.79 Å². The highest BCUT2D eigenvalue weighted by molar-refractivity contribution is 5.97. The van der Waals surface area contributed by atoms with Gasteiger partial charge in [-0.1, -0.05) is 30.3 Å². The van der Waals surface area contributed by atoms with Crippen molar-refractivity contribution in [1.82, 2.24) is 4.98 Å². The van der Waals surface area contributed by atoms with Crippen molar-refractivity contribution in [2.75, 3.05) is 18.1 Å². The maximum atomic E-state index is 12.2. The maximum Gasteiger partial charge on any atom is 0.249 e. The molecular weight excluding hydrogens is 300 g/mol. The van der Waals surface area contributed by atoms with Crippen molar-refractivity contribution in [2.24, 2.45) is 0 Å². The van der Waals surface area contributed by atoms with Crippen molar-refractivity contribution in [3.8, 4) is 16.9 Å². The SMILES string of the molecule is CC(C)N1CCOc2cc3c(-c4ccccc4)cc(=O)[nH]c3cc21. The third-order valence-electron chi connectivity index (χ3n) is 4.53. The molecule has 2 heterocycles. The number of fused-ring (bicyclic) bond motifs is 2. The molecule has 0 saturated heterocycles. The Kier molecular flexibility index (Phi) is 3.53. The van der Waals surface area contributed by atoms with Gasteiger partial charge in [0.1, 0.15) is 12.4 Å². The predicted octanol–water partition coefficient (Wildman–Crippen LogP) is 3.80. The minimum Gasteiger partial charge on any atom is -0.490 e. The molecule has 0 fully saturated rings. The van der Waals surface area contributed by atoms with E-state index in [1.165, 1.54) is 0 Å². The van der Waals surface area contributed by atoms with E-state index in [-0.39, 0.29) is 5.56 Å². The summed E-state index contributed by atoms with van der Waals surface area (Å²) in [5.41, 5.74) is 3.77. The molecule has 1 aromatic heterocycles. The van der Waals surface area contributed by atoms with Crippen molar-refractivity contribution in [3.05, 3.63) is 58.9 Å². The second-order valence-corrected chi connectivity index (χ2v) is 6.41. The Bertz CT molecular complexity index is 945. The molecule has 0 aliphatic carbocycles. The number of H-pyrrole nitrogens is 1. The highest BCUT2D eigenvalue weighted by Crippen LogP contribution is 2.38. The van der Waals surface area contributed by atoms with Crippen LogP contribution in [-0.2, 0) is 0 Å². The van der Waals surface area contributed by atoms with Gasteiger partial charge in [0.2, 0.25) is 5.56 Å². The Morgan fingerprint density at radius 2 is 1.92 bits per heavy atom. The zero-order chi connectivity index (χ0) is 16.7. The van der Waals surface area contributed by atoms with Crippen LogP contribution in [0.5, 0.6) is 5.75 Å². The van der Waals surface area contributed by atoms with E-state index in [9.17, 15) is 4.79 Å². The normalized spacial score (nSPS) is 13.9. The molecule has 24 heavy (non-hydrogen) atoms. The Labute approximate surface area is 140 Å². The smallest absolute Gasteiger partial charge is 0.249 e. The van der Waals surface area contributed by atoms with Crippen LogP contribution in [0.2, 0.25) is 0 Å². The standard InChI is InChI=1S/C20H20N2O2/c1-13(2)22-8-9-24-19-10-16-15(14-6-4-3-5-7-14)11-20(23)21-17(16)12-18(19)22/h3-7,10-13H,8-9H2,1-2H3,(H,21,23). The van der Waals surface area contributed by atoms with Gasteiger partial charge in [-0.15, -0.1) is 0 Å². The number of hydrogen-bond acceptors (Lipinski definition) is 3. The molecule has 0 amide bonds. The first-order valence-corrected chi connectivity index (χ1v) is 8.29. The number of nitrogens with one attached hydrogen (secondary N) is 1. The summed E-state index contributed by atoms with van der Waals surface area (Å²) in [7, 11) is 0. The molecule has 2 aromatic carbocycles. The number of nitrogens with zero attached hydrogens (tertiary/aromatic N) is 1. The molecule has 122 valence electrons. The molecule has 4 heteroatoms. The lowest BCUT2D eigenvalue weighted by molar-refractivity contribution is 0.303. The number of aromatic amines is 1. The van der Waals surface area contributed by atoms with Gasteiger partial charge in [-0.05, 0) is 37.1 Å². The molecule has 1 N–H and O–H groups in total. The van der Waals surface area contributed by atoms with Gasteiger partial charge >= 0.3 is 0 Å². The molecule has 3 aromatic rings. The third-order valence-corrected chi connectivity index (χ3v) is 4.53. The Hall–Kier alpha value is -2.75. The van der Waals surface area contributed by atoms with E-state index in [1.54, 1.807) is 6.07 Å². The van der Waals surface area contributed by atoms with Crippen LogP contribution in [0.1, 0.15) is 13.8 Å². The zero-order valence-corrected chi connectivity index (χ0v) is 13.9. The monoisotopic (exact) mass is 320 g/mol. The average molecular weight is 320 g/mol. The molecule has 0 spiro atoms. The van der Waals surface area contributed by atoms with E-state index in [0.717, 1.165) is 40.0 Å². The molecule has 0 bridgehead atoms. The van der Waals surface area contributed by atoms with Crippen LogP contribution in [-0.4, -0.2) is 24.2 Å². The predicted molar refractivity (Wildman–Crippen MR) is 98.0 cm³/mol.